The third-order valence-electron chi connectivity index (χ3n) is 1.62. The van der Waals surface area contributed by atoms with Gasteiger partial charge in [0.25, 0.3) is 0 Å². The highest BCUT2D eigenvalue weighted by atomic mass is 35.5. The van der Waals surface area contributed by atoms with E-state index in [-0.39, 0.29) is 0 Å². The Kier molecular flexibility index (Phi) is 2.02. The molecule has 3 nitrogen and oxygen atoms in total. The predicted octanol–water partition coefficient (Wildman–Crippen LogP) is 2.70. The Morgan fingerprint density at radius 3 is 2.85 bits per heavy atom. The van der Waals surface area contributed by atoms with Crippen molar-refractivity contribution in [2.75, 3.05) is 0 Å². The Morgan fingerprint density at radius 2 is 2.23 bits per heavy atom. The molecule has 0 saturated heterocycles. The Labute approximate surface area is 80.4 Å². The van der Waals surface area contributed by atoms with Crippen molar-refractivity contribution in [1.82, 2.24) is 9.97 Å². The minimum absolute atomic E-state index is 0.448. The summed E-state index contributed by atoms with van der Waals surface area (Å²) >= 11 is 5.79. The quantitative estimate of drug-likeness (QED) is 0.656. The van der Waals surface area contributed by atoms with Crippen LogP contribution >= 0.6 is 11.6 Å². The van der Waals surface area contributed by atoms with Gasteiger partial charge in [0.15, 0.2) is 0 Å². The zero-order valence-electron chi connectivity index (χ0n) is 6.99. The van der Waals surface area contributed by atoms with Gasteiger partial charge in [-0.05, 0) is 13.0 Å². The second-order valence-corrected chi connectivity index (χ2v) is 3.02. The molecule has 0 amide bonds. The summed E-state index contributed by atoms with van der Waals surface area (Å²) in [5, 5.41) is 0.448. The molecule has 0 saturated carbocycles. The maximum atomic E-state index is 5.79. The zero-order valence-corrected chi connectivity index (χ0v) is 7.75. The van der Waals surface area contributed by atoms with E-state index in [0.29, 0.717) is 11.0 Å². The van der Waals surface area contributed by atoms with E-state index >= 15 is 0 Å². The number of aryl methyl sites for hydroxylation is 1. The number of hydrogen-bond donors (Lipinski definition) is 0. The second kappa shape index (κ2) is 3.18. The van der Waals surface area contributed by atoms with Crippen molar-refractivity contribution in [2.24, 2.45) is 0 Å². The van der Waals surface area contributed by atoms with Crippen LogP contribution in [0, 0.1) is 6.92 Å². The van der Waals surface area contributed by atoms with Crippen LogP contribution in [0.5, 0.6) is 0 Å². The van der Waals surface area contributed by atoms with Gasteiger partial charge in [0.2, 0.25) is 0 Å². The first kappa shape index (κ1) is 8.26. The highest BCUT2D eigenvalue weighted by molar-refractivity contribution is 6.29. The first-order valence-electron chi connectivity index (χ1n) is 3.79. The molecule has 2 aromatic rings. The average molecular weight is 195 g/mol. The van der Waals surface area contributed by atoms with Gasteiger partial charge in [-0.15, -0.1) is 0 Å². The highest BCUT2D eigenvalue weighted by Crippen LogP contribution is 2.19. The van der Waals surface area contributed by atoms with Crippen molar-refractivity contribution in [3.05, 3.63) is 35.6 Å². The van der Waals surface area contributed by atoms with E-state index in [1.807, 2.05) is 6.07 Å². The minimum atomic E-state index is 0.448. The fourth-order valence-corrected chi connectivity index (χ4v) is 1.32. The van der Waals surface area contributed by atoms with Gasteiger partial charge in [-0.1, -0.05) is 11.6 Å². The molecule has 0 N–H and O–H groups in total. The lowest BCUT2D eigenvalue weighted by Crippen LogP contribution is -1.90. The van der Waals surface area contributed by atoms with E-state index in [1.54, 1.807) is 25.5 Å². The van der Waals surface area contributed by atoms with Crippen molar-refractivity contribution in [3.63, 3.8) is 0 Å². The summed E-state index contributed by atoms with van der Waals surface area (Å²) in [6, 6.07) is 3.54. The van der Waals surface area contributed by atoms with Gasteiger partial charge < -0.3 is 4.42 Å². The molecule has 0 unspecified atom stereocenters. The predicted molar refractivity (Wildman–Crippen MR) is 49.5 cm³/mol. The molecule has 0 aliphatic heterocycles. The summed E-state index contributed by atoms with van der Waals surface area (Å²) in [5.41, 5.74) is 1.69. The van der Waals surface area contributed by atoms with E-state index in [2.05, 4.69) is 9.97 Å². The molecule has 2 rings (SSSR count). The van der Waals surface area contributed by atoms with Gasteiger partial charge in [-0.3, -0.25) is 0 Å². The molecule has 0 radical (unpaired) electrons. The van der Waals surface area contributed by atoms with Gasteiger partial charge in [0.05, 0.1) is 18.2 Å². The first-order chi connectivity index (χ1) is 6.25. The monoisotopic (exact) mass is 194 g/mol. The second-order valence-electron chi connectivity index (χ2n) is 2.64. The van der Waals surface area contributed by atoms with E-state index in [1.165, 1.54) is 0 Å². The lowest BCUT2D eigenvalue weighted by molar-refractivity contribution is 0.568. The van der Waals surface area contributed by atoms with Crippen LogP contribution in [-0.2, 0) is 0 Å². The molecule has 0 aliphatic carbocycles. The number of furan rings is 1. The summed E-state index contributed by atoms with van der Waals surface area (Å²) in [6.07, 6.45) is 3.22. The van der Waals surface area contributed by atoms with E-state index in [4.69, 9.17) is 16.0 Å². The molecule has 0 aliphatic rings. The van der Waals surface area contributed by atoms with E-state index in [0.717, 1.165) is 11.3 Å². The number of aromatic nitrogens is 2. The normalized spacial score (nSPS) is 10.3. The van der Waals surface area contributed by atoms with E-state index in [9.17, 15) is 0 Å². The standard InChI is InChI=1S/C9H7ClN2O/c1-6-11-8(4-9(10)12-6)7-2-3-13-5-7/h2-5H,1H3. The Balaban J connectivity index is 2.53. The highest BCUT2D eigenvalue weighted by Gasteiger charge is 2.03. The number of rotatable bonds is 1. The fourth-order valence-electron chi connectivity index (χ4n) is 1.09. The van der Waals surface area contributed by atoms with Crippen LogP contribution in [0.15, 0.2) is 29.1 Å². The first-order valence-corrected chi connectivity index (χ1v) is 4.17. The van der Waals surface area contributed by atoms with Crippen molar-refractivity contribution in [3.8, 4) is 11.3 Å². The van der Waals surface area contributed by atoms with Crippen molar-refractivity contribution in [1.29, 1.82) is 0 Å². The molecule has 0 fully saturated rings. The van der Waals surface area contributed by atoms with Crippen molar-refractivity contribution in [2.45, 2.75) is 6.92 Å². The third kappa shape index (κ3) is 1.70. The van der Waals surface area contributed by atoms with Gasteiger partial charge in [-0.2, -0.15) is 0 Å². The molecule has 0 bridgehead atoms. The molecular formula is C9H7ClN2O. The van der Waals surface area contributed by atoms with Crippen LogP contribution < -0.4 is 0 Å². The Bertz CT molecular complexity index is 391. The van der Waals surface area contributed by atoms with Crippen LogP contribution in [0.4, 0.5) is 0 Å². The summed E-state index contributed by atoms with van der Waals surface area (Å²) in [5.74, 6) is 0.656. The molecule has 66 valence electrons. The van der Waals surface area contributed by atoms with Crippen molar-refractivity contribution >= 4 is 11.6 Å². The molecule has 4 heteroatoms. The summed E-state index contributed by atoms with van der Waals surface area (Å²) < 4.78 is 4.95. The molecular weight excluding hydrogens is 188 g/mol. The summed E-state index contributed by atoms with van der Waals surface area (Å²) in [4.78, 5) is 8.19. The van der Waals surface area contributed by atoms with Gasteiger partial charge in [0.1, 0.15) is 11.0 Å². The zero-order chi connectivity index (χ0) is 9.26. The van der Waals surface area contributed by atoms with Gasteiger partial charge in [0, 0.05) is 11.6 Å². The number of halogens is 1. The molecule has 0 spiro atoms. The Hall–Kier alpha value is -1.35. The summed E-state index contributed by atoms with van der Waals surface area (Å²) in [6.45, 7) is 1.80. The van der Waals surface area contributed by atoms with Crippen LogP contribution in [0.25, 0.3) is 11.3 Å². The maximum Gasteiger partial charge on any atom is 0.133 e. The number of nitrogens with zero attached hydrogens (tertiary/aromatic N) is 2. The smallest absolute Gasteiger partial charge is 0.133 e. The third-order valence-corrected chi connectivity index (χ3v) is 1.82. The van der Waals surface area contributed by atoms with Crippen LogP contribution in [0.1, 0.15) is 5.82 Å². The molecule has 13 heavy (non-hydrogen) atoms. The van der Waals surface area contributed by atoms with Crippen molar-refractivity contribution < 1.29 is 4.42 Å². The average Bonchev–Trinajstić information content (AvgIpc) is 2.53. The topological polar surface area (TPSA) is 38.9 Å². The number of hydrogen-bond acceptors (Lipinski definition) is 3. The van der Waals surface area contributed by atoms with E-state index < -0.39 is 0 Å². The summed E-state index contributed by atoms with van der Waals surface area (Å²) in [7, 11) is 0. The lowest BCUT2D eigenvalue weighted by Gasteiger charge is -1.98. The van der Waals surface area contributed by atoms with Gasteiger partial charge in [-0.25, -0.2) is 9.97 Å². The molecule has 0 aromatic carbocycles. The fraction of sp³-hybridized carbons (Fsp3) is 0.111. The molecule has 0 atom stereocenters. The minimum Gasteiger partial charge on any atom is -0.472 e. The maximum absolute atomic E-state index is 5.79. The SMILES string of the molecule is Cc1nc(Cl)cc(-c2ccoc2)n1. The molecule has 2 heterocycles. The van der Waals surface area contributed by atoms with Crippen LogP contribution in [0.2, 0.25) is 5.15 Å². The Morgan fingerprint density at radius 1 is 1.38 bits per heavy atom. The molecule has 2 aromatic heterocycles. The lowest BCUT2D eigenvalue weighted by atomic mass is 10.2. The van der Waals surface area contributed by atoms with Crippen LogP contribution in [-0.4, -0.2) is 9.97 Å². The van der Waals surface area contributed by atoms with Gasteiger partial charge >= 0.3 is 0 Å². The largest absolute Gasteiger partial charge is 0.472 e. The van der Waals surface area contributed by atoms with Crippen LogP contribution in [0.3, 0.4) is 0 Å².